The first-order valence-corrected chi connectivity index (χ1v) is 10.4. The highest BCUT2D eigenvalue weighted by Crippen LogP contribution is 2.13. The monoisotopic (exact) mass is 428 g/mol. The number of guanidine groups is 1. The third-order valence-corrected chi connectivity index (χ3v) is 4.84. The van der Waals surface area contributed by atoms with Gasteiger partial charge in [-0.25, -0.2) is 4.99 Å². The van der Waals surface area contributed by atoms with E-state index in [2.05, 4.69) is 23.2 Å². The van der Waals surface area contributed by atoms with E-state index in [1.807, 2.05) is 24.0 Å². The molecule has 2 fully saturated rings. The second-order valence-electron chi connectivity index (χ2n) is 7.16. The average molecular weight is 429 g/mol. The normalized spacial score (nSPS) is 16.2. The van der Waals surface area contributed by atoms with Gasteiger partial charge in [0, 0.05) is 26.1 Å². The van der Waals surface area contributed by atoms with Crippen LogP contribution in [0.25, 0.3) is 0 Å². The minimum atomic E-state index is 0.0940. The number of hydrogen-bond donors (Lipinski definition) is 2. The maximum absolute atomic E-state index is 11.9. The Labute approximate surface area is 184 Å². The molecule has 0 spiro atoms. The Balaban J connectivity index is 0.000000293. The first-order chi connectivity index (χ1) is 15.0. The fourth-order valence-corrected chi connectivity index (χ4v) is 3.27. The van der Waals surface area contributed by atoms with Crippen molar-refractivity contribution in [3.8, 4) is 19.0 Å². The number of nitrogens with two attached hydrogens (primary N) is 1. The maximum atomic E-state index is 11.9. The number of terminal acetylenes is 1. The summed E-state index contributed by atoms with van der Waals surface area (Å²) >= 11 is 0. The topological polar surface area (TPSA) is 128 Å². The summed E-state index contributed by atoms with van der Waals surface area (Å²) in [6.07, 6.45) is 15.6. The zero-order chi connectivity index (χ0) is 23.1. The number of nitrogens with one attached hydrogen (secondary N) is 1. The molecule has 0 saturated carbocycles. The predicted molar refractivity (Wildman–Crippen MR) is 118 cm³/mol. The van der Waals surface area contributed by atoms with Gasteiger partial charge in [-0.15, -0.1) is 12.8 Å². The largest absolute Gasteiger partial charge is 0.464 e. The Morgan fingerprint density at radius 1 is 1.23 bits per heavy atom. The molecular formula is C22H32N6O3. The SMILES string of the molecule is C#C.Cc1ccc(CN=C(N)NC#N)o1.O=C(CN1CCCCCC1=O)N1CCCC1. The van der Waals surface area contributed by atoms with Crippen LogP contribution >= 0.6 is 0 Å². The van der Waals surface area contributed by atoms with Crippen molar-refractivity contribution in [3.05, 3.63) is 23.7 Å². The summed E-state index contributed by atoms with van der Waals surface area (Å²) in [4.78, 5) is 31.1. The van der Waals surface area contributed by atoms with E-state index in [-0.39, 0.29) is 17.8 Å². The van der Waals surface area contributed by atoms with Crippen LogP contribution in [0, 0.1) is 31.2 Å². The number of carbonyl (C=O) groups is 2. The molecule has 2 aliphatic rings. The number of nitriles is 1. The Morgan fingerprint density at radius 2 is 1.90 bits per heavy atom. The Morgan fingerprint density at radius 3 is 2.52 bits per heavy atom. The Hall–Kier alpha value is -3.46. The quantitative estimate of drug-likeness (QED) is 0.247. The second kappa shape index (κ2) is 14.5. The van der Waals surface area contributed by atoms with Gasteiger partial charge in [0.2, 0.25) is 17.8 Å². The molecule has 0 radical (unpaired) electrons. The number of aliphatic imine (C=N–C) groups is 1. The van der Waals surface area contributed by atoms with E-state index in [0.717, 1.165) is 63.3 Å². The number of likely N-dealkylation sites (tertiary alicyclic amines) is 2. The number of amides is 2. The van der Waals surface area contributed by atoms with Crippen LogP contribution in [0.3, 0.4) is 0 Å². The zero-order valence-electron chi connectivity index (χ0n) is 18.2. The smallest absolute Gasteiger partial charge is 0.242 e. The molecule has 9 nitrogen and oxygen atoms in total. The molecular weight excluding hydrogens is 396 g/mol. The maximum Gasteiger partial charge on any atom is 0.242 e. The van der Waals surface area contributed by atoms with Crippen molar-refractivity contribution in [1.82, 2.24) is 15.1 Å². The van der Waals surface area contributed by atoms with Crippen molar-refractivity contribution in [2.24, 2.45) is 10.7 Å². The van der Waals surface area contributed by atoms with Gasteiger partial charge in [0.25, 0.3) is 0 Å². The molecule has 2 saturated heterocycles. The molecule has 0 atom stereocenters. The number of nitrogens with zero attached hydrogens (tertiary/aromatic N) is 4. The average Bonchev–Trinajstić information content (AvgIpc) is 3.41. The van der Waals surface area contributed by atoms with E-state index in [0.29, 0.717) is 19.5 Å². The van der Waals surface area contributed by atoms with Crippen molar-refractivity contribution >= 4 is 17.8 Å². The van der Waals surface area contributed by atoms with Crippen molar-refractivity contribution < 1.29 is 14.0 Å². The standard InChI is InChI=1S/C12H20N2O2.C8H10N4O.C2H2/c15-11-6-2-1-3-9-14(11)10-12(16)13-7-4-5-8-13;1-6-2-3-7(13-6)4-11-8(10)12-5-9;1-2/h1-10H2;2-3H,4H2,1H3,(H3,10,11,12);1-2H. The van der Waals surface area contributed by atoms with Gasteiger partial charge in [-0.2, -0.15) is 5.26 Å². The van der Waals surface area contributed by atoms with Crippen LogP contribution in [0.2, 0.25) is 0 Å². The molecule has 9 heteroatoms. The van der Waals surface area contributed by atoms with E-state index in [9.17, 15) is 9.59 Å². The third-order valence-electron chi connectivity index (χ3n) is 4.84. The van der Waals surface area contributed by atoms with Gasteiger partial charge in [0.05, 0.1) is 6.54 Å². The number of aryl methyl sites for hydroxylation is 1. The lowest BCUT2D eigenvalue weighted by atomic mass is 10.2. The summed E-state index contributed by atoms with van der Waals surface area (Å²) in [7, 11) is 0. The fraction of sp³-hybridized carbons (Fsp3) is 0.545. The summed E-state index contributed by atoms with van der Waals surface area (Å²) < 4.78 is 5.24. The van der Waals surface area contributed by atoms with E-state index in [1.165, 1.54) is 0 Å². The summed E-state index contributed by atoms with van der Waals surface area (Å²) in [5.41, 5.74) is 5.31. The molecule has 31 heavy (non-hydrogen) atoms. The second-order valence-corrected chi connectivity index (χ2v) is 7.16. The third kappa shape index (κ3) is 9.72. The molecule has 0 bridgehead atoms. The number of hydrogen-bond acceptors (Lipinski definition) is 5. The molecule has 1 aromatic rings. The molecule has 2 aliphatic heterocycles. The first kappa shape index (κ1) is 25.6. The summed E-state index contributed by atoms with van der Waals surface area (Å²) in [6, 6.07) is 3.66. The highest BCUT2D eigenvalue weighted by atomic mass is 16.3. The summed E-state index contributed by atoms with van der Waals surface area (Å²) in [5, 5.41) is 10.4. The number of furan rings is 1. The van der Waals surface area contributed by atoms with Crippen LogP contribution in [0.15, 0.2) is 21.5 Å². The minimum absolute atomic E-state index is 0.0940. The molecule has 3 rings (SSSR count). The molecule has 168 valence electrons. The van der Waals surface area contributed by atoms with Crippen molar-refractivity contribution in [2.75, 3.05) is 26.2 Å². The van der Waals surface area contributed by atoms with Gasteiger partial charge in [-0.3, -0.25) is 14.9 Å². The Kier molecular flexibility index (Phi) is 12.0. The van der Waals surface area contributed by atoms with Crippen molar-refractivity contribution in [2.45, 2.75) is 52.0 Å². The molecule has 0 aromatic carbocycles. The lowest BCUT2D eigenvalue weighted by Gasteiger charge is -2.23. The van der Waals surface area contributed by atoms with Crippen LogP contribution in [0.5, 0.6) is 0 Å². The van der Waals surface area contributed by atoms with E-state index >= 15 is 0 Å². The van der Waals surface area contributed by atoms with E-state index < -0.39 is 0 Å². The Bertz CT molecular complexity index is 787. The lowest BCUT2D eigenvalue weighted by Crippen LogP contribution is -2.41. The molecule has 0 aliphatic carbocycles. The number of rotatable bonds is 4. The fourth-order valence-electron chi connectivity index (χ4n) is 3.27. The van der Waals surface area contributed by atoms with Crippen LogP contribution in [0.4, 0.5) is 0 Å². The van der Waals surface area contributed by atoms with Gasteiger partial charge < -0.3 is 20.0 Å². The lowest BCUT2D eigenvalue weighted by molar-refractivity contribution is -0.139. The van der Waals surface area contributed by atoms with Crippen molar-refractivity contribution in [1.29, 1.82) is 5.26 Å². The van der Waals surface area contributed by atoms with Crippen LogP contribution in [-0.2, 0) is 16.1 Å². The summed E-state index contributed by atoms with van der Waals surface area (Å²) in [5.74, 6) is 1.94. The zero-order valence-corrected chi connectivity index (χ0v) is 18.2. The van der Waals surface area contributed by atoms with Crippen LogP contribution in [0.1, 0.15) is 50.0 Å². The van der Waals surface area contributed by atoms with Gasteiger partial charge in [0.1, 0.15) is 18.1 Å². The highest BCUT2D eigenvalue weighted by molar-refractivity contribution is 5.85. The van der Waals surface area contributed by atoms with Crippen LogP contribution in [-0.4, -0.2) is 53.8 Å². The van der Waals surface area contributed by atoms with E-state index in [4.69, 9.17) is 15.4 Å². The molecule has 2 amide bonds. The minimum Gasteiger partial charge on any atom is -0.464 e. The molecule has 0 unspecified atom stereocenters. The molecule has 3 N–H and O–H groups in total. The van der Waals surface area contributed by atoms with Crippen molar-refractivity contribution in [3.63, 3.8) is 0 Å². The van der Waals surface area contributed by atoms with Gasteiger partial charge >= 0.3 is 0 Å². The first-order valence-electron chi connectivity index (χ1n) is 10.4. The molecule has 1 aromatic heterocycles. The van der Waals surface area contributed by atoms with Gasteiger partial charge in [-0.1, -0.05) is 6.42 Å². The van der Waals surface area contributed by atoms with Gasteiger partial charge in [0.15, 0.2) is 6.19 Å². The molecule has 3 heterocycles. The van der Waals surface area contributed by atoms with Crippen LogP contribution < -0.4 is 11.1 Å². The van der Waals surface area contributed by atoms with E-state index in [1.54, 1.807) is 11.1 Å². The summed E-state index contributed by atoms with van der Waals surface area (Å²) in [6.45, 7) is 5.01. The predicted octanol–water partition coefficient (Wildman–Crippen LogP) is 1.73. The highest BCUT2D eigenvalue weighted by Gasteiger charge is 2.23. The number of carbonyl (C=O) groups excluding carboxylic acids is 2. The van der Waals surface area contributed by atoms with Gasteiger partial charge in [-0.05, 0) is 44.7 Å².